The number of nitrogens with one attached hydrogen (secondary N) is 1. The van der Waals surface area contributed by atoms with Gasteiger partial charge in [0, 0.05) is 0 Å². The number of rotatable bonds is 6. The van der Waals surface area contributed by atoms with Crippen molar-refractivity contribution in [2.45, 2.75) is 64.3 Å². The van der Waals surface area contributed by atoms with E-state index in [1.54, 1.807) is 0 Å². The molecule has 0 aromatic carbocycles. The Labute approximate surface area is 111 Å². The summed E-state index contributed by atoms with van der Waals surface area (Å²) in [5.41, 5.74) is 0. The van der Waals surface area contributed by atoms with Crippen molar-refractivity contribution in [1.29, 1.82) is 0 Å². The fourth-order valence-electron chi connectivity index (χ4n) is 2.93. The fraction of sp³-hybridized carbons (Fsp3) is 0.933. The normalized spacial score (nSPS) is 23.4. The van der Waals surface area contributed by atoms with Crippen LogP contribution in [0.5, 0.6) is 0 Å². The Balaban J connectivity index is 1.89. The third kappa shape index (κ3) is 4.27. The quantitative estimate of drug-likeness (QED) is 0.584. The maximum atomic E-state index is 12.1. The summed E-state index contributed by atoms with van der Waals surface area (Å²) in [5, 5.41) is 3.49. The lowest BCUT2D eigenvalue weighted by atomic mass is 9.91. The molecule has 0 aliphatic heterocycles. The third-order valence-electron chi connectivity index (χ3n) is 4.24. The lowest BCUT2D eigenvalue weighted by molar-refractivity contribution is -0.147. The maximum Gasteiger partial charge on any atom is 0.323 e. The third-order valence-corrected chi connectivity index (χ3v) is 4.24. The Bertz CT molecular complexity index is 255. The van der Waals surface area contributed by atoms with Crippen LogP contribution in [0.1, 0.15) is 58.3 Å². The van der Waals surface area contributed by atoms with Gasteiger partial charge in [0.15, 0.2) is 0 Å². The monoisotopic (exact) mass is 253 g/mol. The van der Waals surface area contributed by atoms with Gasteiger partial charge in [-0.15, -0.1) is 0 Å². The van der Waals surface area contributed by atoms with E-state index in [1.807, 2.05) is 6.92 Å². The lowest BCUT2D eigenvalue weighted by Gasteiger charge is -2.25. The van der Waals surface area contributed by atoms with Gasteiger partial charge in [-0.25, -0.2) is 0 Å². The summed E-state index contributed by atoms with van der Waals surface area (Å²) < 4.78 is 5.25. The molecule has 3 heteroatoms. The van der Waals surface area contributed by atoms with Gasteiger partial charge >= 0.3 is 5.97 Å². The SMILES string of the molecule is CCOC(=O)C(NCC1CC1)C1CCCCCC1. The van der Waals surface area contributed by atoms with Gasteiger partial charge in [-0.1, -0.05) is 25.7 Å². The Morgan fingerprint density at radius 1 is 1.17 bits per heavy atom. The molecule has 0 amide bonds. The molecule has 1 atom stereocenters. The first kappa shape index (κ1) is 13.9. The minimum atomic E-state index is -0.0522. The molecule has 2 aliphatic carbocycles. The number of carbonyl (C=O) groups excluding carboxylic acids is 1. The topological polar surface area (TPSA) is 38.3 Å². The van der Waals surface area contributed by atoms with Crippen LogP contribution in [0.2, 0.25) is 0 Å². The van der Waals surface area contributed by atoms with Crippen LogP contribution in [0.4, 0.5) is 0 Å². The predicted molar refractivity (Wildman–Crippen MR) is 72.3 cm³/mol. The van der Waals surface area contributed by atoms with Crippen LogP contribution < -0.4 is 5.32 Å². The molecule has 2 rings (SSSR count). The van der Waals surface area contributed by atoms with Crippen LogP contribution in [0.25, 0.3) is 0 Å². The number of hydrogen-bond donors (Lipinski definition) is 1. The lowest BCUT2D eigenvalue weighted by Crippen LogP contribution is -2.44. The second kappa shape index (κ2) is 7.13. The van der Waals surface area contributed by atoms with Crippen molar-refractivity contribution in [1.82, 2.24) is 5.32 Å². The molecule has 3 nitrogen and oxygen atoms in total. The molecule has 2 aliphatic rings. The van der Waals surface area contributed by atoms with E-state index >= 15 is 0 Å². The standard InChI is InChI=1S/C15H27NO2/c1-2-18-15(17)14(16-11-12-9-10-12)13-7-5-3-4-6-8-13/h12-14,16H,2-11H2,1H3. The molecule has 0 aromatic heterocycles. The van der Waals surface area contributed by atoms with E-state index < -0.39 is 0 Å². The summed E-state index contributed by atoms with van der Waals surface area (Å²) in [5.74, 6) is 1.28. The van der Waals surface area contributed by atoms with Crippen LogP contribution >= 0.6 is 0 Å². The molecule has 2 fully saturated rings. The highest BCUT2D eigenvalue weighted by Crippen LogP contribution is 2.30. The number of esters is 1. The van der Waals surface area contributed by atoms with Crippen LogP contribution in [0, 0.1) is 11.8 Å². The first-order valence-electron chi connectivity index (χ1n) is 7.71. The van der Waals surface area contributed by atoms with E-state index in [9.17, 15) is 4.79 Å². The van der Waals surface area contributed by atoms with E-state index in [0.717, 1.165) is 12.5 Å². The van der Waals surface area contributed by atoms with E-state index in [4.69, 9.17) is 4.74 Å². The van der Waals surface area contributed by atoms with E-state index in [1.165, 1.54) is 51.4 Å². The largest absolute Gasteiger partial charge is 0.465 e. The number of hydrogen-bond acceptors (Lipinski definition) is 3. The molecule has 0 heterocycles. The van der Waals surface area contributed by atoms with Crippen molar-refractivity contribution in [3.05, 3.63) is 0 Å². The zero-order valence-electron chi connectivity index (χ0n) is 11.6. The van der Waals surface area contributed by atoms with E-state index in [-0.39, 0.29) is 12.0 Å². The number of ether oxygens (including phenoxy) is 1. The second-order valence-corrected chi connectivity index (χ2v) is 5.83. The Morgan fingerprint density at radius 2 is 1.83 bits per heavy atom. The second-order valence-electron chi connectivity index (χ2n) is 5.83. The summed E-state index contributed by atoms with van der Waals surface area (Å²) in [6.07, 6.45) is 10.2. The molecule has 1 N–H and O–H groups in total. The van der Waals surface area contributed by atoms with Crippen molar-refractivity contribution in [2.75, 3.05) is 13.2 Å². The van der Waals surface area contributed by atoms with Crippen molar-refractivity contribution < 1.29 is 9.53 Å². The Kier molecular flexibility index (Phi) is 5.48. The molecule has 1 unspecified atom stereocenters. The van der Waals surface area contributed by atoms with E-state index in [2.05, 4.69) is 5.32 Å². The van der Waals surface area contributed by atoms with Gasteiger partial charge in [-0.05, 0) is 51.0 Å². The zero-order chi connectivity index (χ0) is 12.8. The molecule has 0 aromatic rings. The van der Waals surface area contributed by atoms with Gasteiger partial charge in [-0.2, -0.15) is 0 Å². The average Bonchev–Trinajstić information content (AvgIpc) is 3.16. The fourth-order valence-corrected chi connectivity index (χ4v) is 2.93. The Hall–Kier alpha value is -0.570. The van der Waals surface area contributed by atoms with Gasteiger partial charge in [0.05, 0.1) is 6.61 Å². The highest BCUT2D eigenvalue weighted by Gasteiger charge is 2.31. The smallest absolute Gasteiger partial charge is 0.323 e. The van der Waals surface area contributed by atoms with Crippen molar-refractivity contribution in [3.8, 4) is 0 Å². The van der Waals surface area contributed by atoms with Crippen LogP contribution in [0.3, 0.4) is 0 Å². The van der Waals surface area contributed by atoms with Crippen LogP contribution in [-0.4, -0.2) is 25.2 Å². The predicted octanol–water partition coefficient (Wildman–Crippen LogP) is 2.89. The van der Waals surface area contributed by atoms with Crippen LogP contribution in [-0.2, 0) is 9.53 Å². The molecule has 2 saturated carbocycles. The maximum absolute atomic E-state index is 12.1. The molecule has 104 valence electrons. The van der Waals surface area contributed by atoms with Gasteiger partial charge in [0.2, 0.25) is 0 Å². The van der Waals surface area contributed by atoms with Gasteiger partial charge in [0.1, 0.15) is 6.04 Å². The summed E-state index contributed by atoms with van der Waals surface area (Å²) in [7, 11) is 0. The number of carbonyl (C=O) groups is 1. The van der Waals surface area contributed by atoms with Crippen molar-refractivity contribution in [2.24, 2.45) is 11.8 Å². The average molecular weight is 253 g/mol. The van der Waals surface area contributed by atoms with Gasteiger partial charge in [0.25, 0.3) is 0 Å². The molecule has 0 radical (unpaired) electrons. The summed E-state index contributed by atoms with van der Waals surface area (Å²) in [6, 6.07) is -0.0522. The summed E-state index contributed by atoms with van der Waals surface area (Å²) >= 11 is 0. The van der Waals surface area contributed by atoms with Crippen LogP contribution in [0.15, 0.2) is 0 Å². The highest BCUT2D eigenvalue weighted by atomic mass is 16.5. The minimum Gasteiger partial charge on any atom is -0.465 e. The van der Waals surface area contributed by atoms with Gasteiger partial charge in [-0.3, -0.25) is 4.79 Å². The first-order valence-corrected chi connectivity index (χ1v) is 7.71. The van der Waals surface area contributed by atoms with Gasteiger partial charge < -0.3 is 10.1 Å². The zero-order valence-corrected chi connectivity index (χ0v) is 11.6. The van der Waals surface area contributed by atoms with E-state index in [0.29, 0.717) is 12.5 Å². The summed E-state index contributed by atoms with van der Waals surface area (Å²) in [4.78, 5) is 12.1. The molecule has 18 heavy (non-hydrogen) atoms. The first-order chi connectivity index (χ1) is 8.81. The molecule has 0 spiro atoms. The molecule has 0 bridgehead atoms. The Morgan fingerprint density at radius 3 is 2.39 bits per heavy atom. The van der Waals surface area contributed by atoms with Crippen molar-refractivity contribution >= 4 is 5.97 Å². The highest BCUT2D eigenvalue weighted by molar-refractivity contribution is 5.76. The summed E-state index contributed by atoms with van der Waals surface area (Å²) in [6.45, 7) is 3.39. The molecular weight excluding hydrogens is 226 g/mol. The molecular formula is C15H27NO2. The van der Waals surface area contributed by atoms with Crippen molar-refractivity contribution in [3.63, 3.8) is 0 Å². The molecule has 0 saturated heterocycles. The minimum absolute atomic E-state index is 0.0231.